The molecule has 8 nitrogen and oxygen atoms in total. The van der Waals surface area contributed by atoms with Gasteiger partial charge in [-0.1, -0.05) is 37.6 Å². The zero-order chi connectivity index (χ0) is 24.2. The highest BCUT2D eigenvalue weighted by atomic mass is 32.2. The first-order valence-electron chi connectivity index (χ1n) is 12.0. The highest BCUT2D eigenvalue weighted by molar-refractivity contribution is 7.99. The molecule has 2 aromatic carbocycles. The predicted molar refractivity (Wildman–Crippen MR) is 134 cm³/mol. The number of benzene rings is 2. The van der Waals surface area contributed by atoms with Crippen molar-refractivity contribution in [1.82, 2.24) is 20.1 Å². The lowest BCUT2D eigenvalue weighted by Gasteiger charge is -2.31. The van der Waals surface area contributed by atoms with E-state index in [0.717, 1.165) is 40.0 Å². The maximum Gasteiger partial charge on any atom is 0.231 e. The fourth-order valence-electron chi connectivity index (χ4n) is 4.72. The summed E-state index contributed by atoms with van der Waals surface area (Å²) >= 11 is 1.44. The van der Waals surface area contributed by atoms with Crippen molar-refractivity contribution in [2.45, 2.75) is 50.4 Å². The molecule has 0 saturated heterocycles. The lowest BCUT2D eigenvalue weighted by molar-refractivity contribution is -0.118. The smallest absolute Gasteiger partial charge is 0.231 e. The molecule has 0 unspecified atom stereocenters. The van der Waals surface area contributed by atoms with E-state index in [2.05, 4.69) is 27.0 Å². The summed E-state index contributed by atoms with van der Waals surface area (Å²) in [5, 5.41) is 12.8. The third-order valence-electron chi connectivity index (χ3n) is 6.67. The Labute approximate surface area is 209 Å². The average Bonchev–Trinajstić information content (AvgIpc) is 3.53. The van der Waals surface area contributed by atoms with Crippen LogP contribution in [0.2, 0.25) is 0 Å². The van der Waals surface area contributed by atoms with Gasteiger partial charge in [0.25, 0.3) is 0 Å². The van der Waals surface area contributed by atoms with Crippen LogP contribution in [0.4, 0.5) is 0 Å². The van der Waals surface area contributed by atoms with Crippen LogP contribution in [0.3, 0.4) is 0 Å². The second kappa shape index (κ2) is 10.6. The Balaban J connectivity index is 1.29. The van der Waals surface area contributed by atoms with E-state index >= 15 is 0 Å². The maximum absolute atomic E-state index is 12.7. The first kappa shape index (κ1) is 23.5. The molecule has 1 saturated carbocycles. The van der Waals surface area contributed by atoms with Crippen LogP contribution < -0.4 is 19.5 Å². The van der Waals surface area contributed by atoms with Gasteiger partial charge >= 0.3 is 0 Å². The molecule has 2 atom stereocenters. The van der Waals surface area contributed by atoms with Crippen LogP contribution in [0.25, 0.3) is 11.4 Å². The van der Waals surface area contributed by atoms with Crippen LogP contribution in [0, 0.1) is 5.92 Å². The summed E-state index contributed by atoms with van der Waals surface area (Å²) in [6.45, 7) is 2.97. The molecule has 2 aliphatic rings. The van der Waals surface area contributed by atoms with E-state index < -0.39 is 0 Å². The van der Waals surface area contributed by atoms with Crippen LogP contribution in [0.1, 0.15) is 44.2 Å². The summed E-state index contributed by atoms with van der Waals surface area (Å²) in [6.07, 6.45) is 4.72. The molecule has 2 heterocycles. The zero-order valence-corrected chi connectivity index (χ0v) is 20.8. The second-order valence-corrected chi connectivity index (χ2v) is 9.93. The van der Waals surface area contributed by atoms with Crippen LogP contribution in [-0.2, 0) is 11.3 Å². The highest BCUT2D eigenvalue weighted by Gasteiger charge is 2.29. The van der Waals surface area contributed by atoms with Crippen molar-refractivity contribution in [2.24, 2.45) is 5.92 Å². The minimum Gasteiger partial charge on any atom is -0.497 e. The number of fused-ring (bicyclic) bond motifs is 1. The predicted octanol–water partition coefficient (Wildman–Crippen LogP) is 4.84. The summed E-state index contributed by atoms with van der Waals surface area (Å²) in [5.74, 6) is 3.84. The van der Waals surface area contributed by atoms with E-state index in [4.69, 9.17) is 14.2 Å². The molecule has 1 amide bonds. The quantitative estimate of drug-likeness (QED) is 0.448. The van der Waals surface area contributed by atoms with Gasteiger partial charge in [0.1, 0.15) is 5.75 Å². The average molecular weight is 495 g/mol. The number of nitrogens with one attached hydrogen (secondary N) is 1. The van der Waals surface area contributed by atoms with Crippen LogP contribution >= 0.6 is 11.8 Å². The number of hydrogen-bond acceptors (Lipinski definition) is 7. The van der Waals surface area contributed by atoms with Crippen molar-refractivity contribution < 1.29 is 19.0 Å². The van der Waals surface area contributed by atoms with E-state index in [0.29, 0.717) is 24.3 Å². The van der Waals surface area contributed by atoms with E-state index in [-0.39, 0.29) is 18.5 Å². The van der Waals surface area contributed by atoms with Crippen molar-refractivity contribution in [2.75, 3.05) is 19.7 Å². The van der Waals surface area contributed by atoms with Crippen molar-refractivity contribution >= 4 is 17.7 Å². The SMILES string of the molecule is COc1ccc(-c2nnc(SCC(=O)NCc3ccc4c(c3)OCO4)n2[C@H]2CCCC[C@H]2C)cc1. The number of methoxy groups -OCH3 is 1. The first-order chi connectivity index (χ1) is 17.1. The van der Waals surface area contributed by atoms with Gasteiger partial charge in [-0.05, 0) is 60.7 Å². The van der Waals surface area contributed by atoms with E-state index in [1.165, 1.54) is 31.0 Å². The molecule has 1 aliphatic carbocycles. The Morgan fingerprint density at radius 3 is 2.71 bits per heavy atom. The minimum absolute atomic E-state index is 0.0510. The molecule has 5 rings (SSSR count). The standard InChI is InChI=1S/C26H30N4O4S/c1-17-5-3-4-6-21(17)30-25(19-8-10-20(32-2)11-9-19)28-29-26(30)35-15-24(31)27-14-18-7-12-22-23(13-18)34-16-33-22/h7-13,17,21H,3-6,14-16H2,1-2H3,(H,27,31)/t17-,21+/m1/s1. The summed E-state index contributed by atoms with van der Waals surface area (Å²) in [5.41, 5.74) is 1.96. The van der Waals surface area contributed by atoms with Gasteiger partial charge in [0.2, 0.25) is 12.7 Å². The Hall–Kier alpha value is -3.20. The van der Waals surface area contributed by atoms with Crippen molar-refractivity contribution in [3.63, 3.8) is 0 Å². The third kappa shape index (κ3) is 5.24. The second-order valence-electron chi connectivity index (χ2n) is 8.99. The number of carbonyl (C=O) groups excluding carboxylic acids is 1. The number of thioether (sulfide) groups is 1. The summed E-state index contributed by atoms with van der Waals surface area (Å²) < 4.78 is 18.3. The molecule has 0 radical (unpaired) electrons. The molecule has 0 bridgehead atoms. The van der Waals surface area contributed by atoms with Crippen LogP contribution in [-0.4, -0.2) is 40.3 Å². The zero-order valence-electron chi connectivity index (χ0n) is 20.0. The minimum atomic E-state index is -0.0510. The van der Waals surface area contributed by atoms with Gasteiger partial charge in [0, 0.05) is 18.2 Å². The molecular weight excluding hydrogens is 464 g/mol. The molecular formula is C26H30N4O4S. The van der Waals surface area contributed by atoms with Crippen molar-refractivity contribution in [3.05, 3.63) is 48.0 Å². The molecule has 1 aromatic heterocycles. The van der Waals surface area contributed by atoms with Gasteiger partial charge in [-0.15, -0.1) is 10.2 Å². The van der Waals surface area contributed by atoms with Crippen molar-refractivity contribution in [1.29, 1.82) is 0 Å². The number of amides is 1. The molecule has 3 aromatic rings. The number of carbonyl (C=O) groups is 1. The largest absolute Gasteiger partial charge is 0.497 e. The van der Waals surface area contributed by atoms with E-state index in [1.54, 1.807) is 7.11 Å². The fourth-order valence-corrected chi connectivity index (χ4v) is 5.55. The molecule has 184 valence electrons. The molecule has 1 aliphatic heterocycles. The monoisotopic (exact) mass is 494 g/mol. The van der Waals surface area contributed by atoms with Gasteiger partial charge in [0.15, 0.2) is 22.5 Å². The van der Waals surface area contributed by atoms with Gasteiger partial charge in [-0.3, -0.25) is 9.36 Å². The normalized spacial score (nSPS) is 18.9. The number of aromatic nitrogens is 3. The molecule has 9 heteroatoms. The maximum atomic E-state index is 12.7. The topological polar surface area (TPSA) is 87.5 Å². The molecule has 0 spiro atoms. The Kier molecular flexibility index (Phi) is 7.13. The Bertz CT molecular complexity index is 1180. The third-order valence-corrected chi connectivity index (χ3v) is 7.61. The summed E-state index contributed by atoms with van der Waals surface area (Å²) in [6, 6.07) is 13.9. The molecule has 1 fully saturated rings. The van der Waals surface area contributed by atoms with Gasteiger partial charge in [-0.2, -0.15) is 0 Å². The van der Waals surface area contributed by atoms with Crippen LogP contribution in [0.15, 0.2) is 47.6 Å². The summed E-state index contributed by atoms with van der Waals surface area (Å²) in [7, 11) is 1.66. The first-order valence-corrected chi connectivity index (χ1v) is 13.0. The number of nitrogens with zero attached hydrogens (tertiary/aromatic N) is 3. The van der Waals surface area contributed by atoms with Gasteiger partial charge in [0.05, 0.1) is 12.9 Å². The Morgan fingerprint density at radius 1 is 1.11 bits per heavy atom. The number of hydrogen-bond donors (Lipinski definition) is 1. The lowest BCUT2D eigenvalue weighted by Crippen LogP contribution is -2.25. The highest BCUT2D eigenvalue weighted by Crippen LogP contribution is 2.39. The summed E-state index contributed by atoms with van der Waals surface area (Å²) in [4.78, 5) is 12.7. The fraction of sp³-hybridized carbons (Fsp3) is 0.423. The van der Waals surface area contributed by atoms with Crippen molar-refractivity contribution in [3.8, 4) is 28.6 Å². The van der Waals surface area contributed by atoms with Crippen LogP contribution in [0.5, 0.6) is 17.2 Å². The van der Waals surface area contributed by atoms with Gasteiger partial charge in [-0.25, -0.2) is 0 Å². The lowest BCUT2D eigenvalue weighted by atomic mass is 9.85. The van der Waals surface area contributed by atoms with E-state index in [1.807, 2.05) is 42.5 Å². The number of rotatable bonds is 8. The number of ether oxygens (including phenoxy) is 3. The molecule has 1 N–H and O–H groups in total. The van der Waals surface area contributed by atoms with Gasteiger partial charge < -0.3 is 19.5 Å². The Morgan fingerprint density at radius 2 is 1.91 bits per heavy atom. The van der Waals surface area contributed by atoms with E-state index in [9.17, 15) is 4.79 Å². The molecule has 35 heavy (non-hydrogen) atoms.